The number of aryl methyl sites for hydroxylation is 1. The summed E-state index contributed by atoms with van der Waals surface area (Å²) in [4.78, 5) is 18.5. The van der Waals surface area contributed by atoms with Crippen molar-refractivity contribution < 1.29 is 18.0 Å². The topological polar surface area (TPSA) is 45.2 Å². The predicted octanol–water partition coefficient (Wildman–Crippen LogP) is 4.52. The summed E-state index contributed by atoms with van der Waals surface area (Å²) in [5.74, 6) is 1.78. The third kappa shape index (κ3) is 4.86. The summed E-state index contributed by atoms with van der Waals surface area (Å²) in [5, 5.41) is 2.82. The highest BCUT2D eigenvalue weighted by molar-refractivity contribution is 7.99. The first-order valence-corrected chi connectivity index (χ1v) is 10.2. The molecule has 1 aliphatic heterocycles. The molecule has 8 heteroatoms. The van der Waals surface area contributed by atoms with Crippen LogP contribution in [0.1, 0.15) is 32.9 Å². The van der Waals surface area contributed by atoms with E-state index in [4.69, 9.17) is 0 Å². The summed E-state index contributed by atoms with van der Waals surface area (Å²) in [5.41, 5.74) is 1.93. The van der Waals surface area contributed by atoms with Crippen LogP contribution < -0.4 is 5.32 Å². The molecule has 0 radical (unpaired) electrons. The van der Waals surface area contributed by atoms with E-state index in [0.29, 0.717) is 5.69 Å². The fourth-order valence-electron chi connectivity index (χ4n) is 3.14. The van der Waals surface area contributed by atoms with Crippen molar-refractivity contribution in [1.82, 2.24) is 9.88 Å². The molecule has 0 atom stereocenters. The lowest BCUT2D eigenvalue weighted by Crippen LogP contribution is -2.32. The molecular formula is C20H22F3N3OS. The number of thioether (sulfide) groups is 1. The molecule has 0 spiro atoms. The lowest BCUT2D eigenvalue weighted by atomic mass is 10.1. The molecule has 2 aromatic rings. The normalized spacial score (nSPS) is 15.5. The van der Waals surface area contributed by atoms with Crippen LogP contribution in [0.4, 0.5) is 18.9 Å². The van der Waals surface area contributed by atoms with Gasteiger partial charge in [0.05, 0.1) is 11.3 Å². The maximum atomic E-state index is 12.8. The molecule has 1 N–H and O–H groups in total. The van der Waals surface area contributed by atoms with Crippen LogP contribution in [0.3, 0.4) is 0 Å². The number of rotatable bonds is 4. The number of hydrogen-bond acceptors (Lipinski definition) is 4. The van der Waals surface area contributed by atoms with E-state index in [1.54, 1.807) is 6.07 Å². The summed E-state index contributed by atoms with van der Waals surface area (Å²) in [6.07, 6.45) is -4.53. The van der Waals surface area contributed by atoms with Crippen LogP contribution in [0.2, 0.25) is 0 Å². The van der Waals surface area contributed by atoms with Gasteiger partial charge in [0.15, 0.2) is 0 Å². The number of nitrogens with zero attached hydrogens (tertiary/aromatic N) is 2. The van der Waals surface area contributed by atoms with Crippen LogP contribution in [-0.4, -0.2) is 40.4 Å². The molecule has 1 fully saturated rings. The van der Waals surface area contributed by atoms with Crippen LogP contribution in [-0.2, 0) is 12.7 Å². The summed E-state index contributed by atoms with van der Waals surface area (Å²) >= 11 is 1.95. The van der Waals surface area contributed by atoms with Crippen molar-refractivity contribution in [2.45, 2.75) is 26.6 Å². The molecule has 0 unspecified atom stereocenters. The number of pyridine rings is 1. The van der Waals surface area contributed by atoms with Crippen molar-refractivity contribution in [3.05, 3.63) is 58.4 Å². The van der Waals surface area contributed by atoms with Gasteiger partial charge < -0.3 is 5.32 Å². The first kappa shape index (κ1) is 20.7. The third-order valence-corrected chi connectivity index (χ3v) is 5.76. The monoisotopic (exact) mass is 409 g/mol. The number of halogens is 3. The van der Waals surface area contributed by atoms with E-state index in [1.807, 2.05) is 30.8 Å². The zero-order valence-electron chi connectivity index (χ0n) is 15.8. The minimum absolute atomic E-state index is 0.0481. The molecule has 1 amide bonds. The second-order valence-corrected chi connectivity index (χ2v) is 7.98. The van der Waals surface area contributed by atoms with E-state index in [-0.39, 0.29) is 11.3 Å². The quantitative estimate of drug-likeness (QED) is 0.807. The number of anilines is 1. The van der Waals surface area contributed by atoms with Crippen LogP contribution in [0.15, 0.2) is 30.3 Å². The Balaban J connectivity index is 1.76. The molecule has 1 saturated heterocycles. The van der Waals surface area contributed by atoms with Crippen molar-refractivity contribution in [3.8, 4) is 0 Å². The molecule has 1 aromatic heterocycles. The van der Waals surface area contributed by atoms with Crippen molar-refractivity contribution in [2.75, 3.05) is 29.9 Å². The molecule has 1 aliphatic rings. The van der Waals surface area contributed by atoms with Gasteiger partial charge in [0.2, 0.25) is 0 Å². The lowest BCUT2D eigenvalue weighted by Gasteiger charge is -2.27. The second kappa shape index (κ2) is 8.53. The predicted molar refractivity (Wildman–Crippen MR) is 106 cm³/mol. The van der Waals surface area contributed by atoms with Gasteiger partial charge in [-0.05, 0) is 43.2 Å². The Hall–Kier alpha value is -2.06. The smallest absolute Gasteiger partial charge is 0.322 e. The highest BCUT2D eigenvalue weighted by Crippen LogP contribution is 2.28. The number of hydrogen-bond donors (Lipinski definition) is 1. The van der Waals surface area contributed by atoms with Gasteiger partial charge in [0.25, 0.3) is 5.91 Å². The fourth-order valence-corrected chi connectivity index (χ4v) is 4.12. The first-order chi connectivity index (χ1) is 13.3. The first-order valence-electron chi connectivity index (χ1n) is 9.00. The van der Waals surface area contributed by atoms with Gasteiger partial charge in [-0.3, -0.25) is 9.69 Å². The summed E-state index contributed by atoms with van der Waals surface area (Å²) < 4.78 is 38.3. The highest BCUT2D eigenvalue weighted by atomic mass is 32.2. The van der Waals surface area contributed by atoms with E-state index in [0.717, 1.165) is 48.3 Å². The maximum absolute atomic E-state index is 12.8. The Morgan fingerprint density at radius 2 is 1.89 bits per heavy atom. The summed E-state index contributed by atoms with van der Waals surface area (Å²) in [6.45, 7) is 6.24. The van der Waals surface area contributed by atoms with Crippen molar-refractivity contribution >= 4 is 23.4 Å². The van der Waals surface area contributed by atoms with Crippen LogP contribution in [0.5, 0.6) is 0 Å². The van der Waals surface area contributed by atoms with Gasteiger partial charge in [-0.1, -0.05) is 12.1 Å². The molecule has 2 heterocycles. The molecule has 0 bridgehead atoms. The number of carbonyl (C=O) groups is 1. The Labute approximate surface area is 166 Å². The third-order valence-electron chi connectivity index (χ3n) is 4.81. The van der Waals surface area contributed by atoms with Gasteiger partial charge in [-0.25, -0.2) is 4.98 Å². The zero-order valence-corrected chi connectivity index (χ0v) is 16.6. The number of carbonyl (C=O) groups excluding carboxylic acids is 1. The number of aromatic nitrogens is 1. The van der Waals surface area contributed by atoms with Gasteiger partial charge in [-0.2, -0.15) is 24.9 Å². The summed E-state index contributed by atoms with van der Waals surface area (Å²) in [6, 6.07) is 7.73. The average molecular weight is 409 g/mol. The number of amides is 1. The minimum atomic E-state index is -4.53. The minimum Gasteiger partial charge on any atom is -0.322 e. The van der Waals surface area contributed by atoms with Gasteiger partial charge in [0.1, 0.15) is 5.69 Å². The fraction of sp³-hybridized carbons (Fsp3) is 0.400. The average Bonchev–Trinajstić information content (AvgIpc) is 2.65. The van der Waals surface area contributed by atoms with E-state index < -0.39 is 17.8 Å². The molecule has 28 heavy (non-hydrogen) atoms. The van der Waals surface area contributed by atoms with Gasteiger partial charge >= 0.3 is 6.18 Å². The standard InChI is InChI=1S/C20H22F3N3OS/c1-13-15(12-26-8-10-28-11-9-26)4-3-5-17(13)25-19(27)16-6-7-18(20(21,22)23)24-14(16)2/h3-7H,8-12H2,1-2H3,(H,25,27). The lowest BCUT2D eigenvalue weighted by molar-refractivity contribution is -0.141. The molecule has 1 aromatic carbocycles. The van der Waals surface area contributed by atoms with E-state index >= 15 is 0 Å². The van der Waals surface area contributed by atoms with Crippen molar-refractivity contribution in [2.24, 2.45) is 0 Å². The van der Waals surface area contributed by atoms with Crippen LogP contribution >= 0.6 is 11.8 Å². The largest absolute Gasteiger partial charge is 0.433 e. The Bertz CT molecular complexity index is 864. The number of benzene rings is 1. The zero-order chi connectivity index (χ0) is 20.3. The Morgan fingerprint density at radius 3 is 2.54 bits per heavy atom. The van der Waals surface area contributed by atoms with Gasteiger partial charge in [0, 0.05) is 36.8 Å². The molecule has 0 aliphatic carbocycles. The van der Waals surface area contributed by atoms with Gasteiger partial charge in [-0.15, -0.1) is 0 Å². The number of nitrogens with one attached hydrogen (secondary N) is 1. The Kier molecular flexibility index (Phi) is 6.30. The molecular weight excluding hydrogens is 387 g/mol. The highest BCUT2D eigenvalue weighted by Gasteiger charge is 2.33. The van der Waals surface area contributed by atoms with Crippen molar-refractivity contribution in [1.29, 1.82) is 0 Å². The second-order valence-electron chi connectivity index (χ2n) is 6.76. The Morgan fingerprint density at radius 1 is 1.18 bits per heavy atom. The van der Waals surface area contributed by atoms with E-state index in [9.17, 15) is 18.0 Å². The SMILES string of the molecule is Cc1nc(C(F)(F)F)ccc1C(=O)Nc1cccc(CN2CCSCC2)c1C. The summed E-state index contributed by atoms with van der Waals surface area (Å²) in [7, 11) is 0. The maximum Gasteiger partial charge on any atom is 0.433 e. The van der Waals surface area contributed by atoms with Crippen LogP contribution in [0, 0.1) is 13.8 Å². The van der Waals surface area contributed by atoms with E-state index in [1.165, 1.54) is 13.0 Å². The molecule has 150 valence electrons. The molecule has 0 saturated carbocycles. The molecule has 4 nitrogen and oxygen atoms in total. The van der Waals surface area contributed by atoms with E-state index in [2.05, 4.69) is 15.2 Å². The number of alkyl halides is 3. The molecule has 3 rings (SSSR count). The van der Waals surface area contributed by atoms with Crippen LogP contribution in [0.25, 0.3) is 0 Å². The van der Waals surface area contributed by atoms with Crippen molar-refractivity contribution in [3.63, 3.8) is 0 Å².